The van der Waals surface area contributed by atoms with Crippen LogP contribution in [0.5, 0.6) is 5.75 Å². The molecule has 6 nitrogen and oxygen atoms in total. The van der Waals surface area contributed by atoms with Crippen LogP contribution in [0, 0.1) is 6.92 Å². The van der Waals surface area contributed by atoms with Crippen LogP contribution in [0.4, 0.5) is 9.18 Å². The summed E-state index contributed by atoms with van der Waals surface area (Å²) in [7, 11) is 1.70. The Morgan fingerprint density at radius 3 is 2.82 bits per heavy atom. The molecule has 0 spiro atoms. The zero-order valence-electron chi connectivity index (χ0n) is 19.0. The van der Waals surface area contributed by atoms with E-state index in [9.17, 15) is 14.0 Å². The molecule has 0 bridgehead atoms. The average Bonchev–Trinajstić information content (AvgIpc) is 3.40. The van der Waals surface area contributed by atoms with E-state index >= 15 is 0 Å². The second kappa shape index (κ2) is 9.15. The molecule has 5 rings (SSSR count). The number of benzene rings is 1. The van der Waals surface area contributed by atoms with Crippen LogP contribution in [0.1, 0.15) is 36.1 Å². The van der Waals surface area contributed by atoms with Crippen molar-refractivity contribution in [1.29, 1.82) is 0 Å². The first kappa shape index (κ1) is 23.1. The first-order chi connectivity index (χ1) is 16.3. The van der Waals surface area contributed by atoms with Crippen LogP contribution in [-0.4, -0.2) is 52.6 Å². The predicted octanol–water partition coefficient (Wildman–Crippen LogP) is 5.98. The van der Waals surface area contributed by atoms with Gasteiger partial charge in [0.1, 0.15) is 18.0 Å². The minimum absolute atomic E-state index is 0.174. The second-order valence-corrected chi connectivity index (χ2v) is 10.5. The van der Waals surface area contributed by atoms with E-state index in [4.69, 9.17) is 16.3 Å². The van der Waals surface area contributed by atoms with Crippen LogP contribution in [0.3, 0.4) is 0 Å². The minimum atomic E-state index is -0.980. The van der Waals surface area contributed by atoms with E-state index in [-0.39, 0.29) is 18.5 Å². The summed E-state index contributed by atoms with van der Waals surface area (Å²) in [5.41, 5.74) is 3.27. The van der Waals surface area contributed by atoms with Gasteiger partial charge in [-0.2, -0.15) is 0 Å². The molecule has 2 fully saturated rings. The number of imide groups is 1. The van der Waals surface area contributed by atoms with Gasteiger partial charge in [0, 0.05) is 47.2 Å². The van der Waals surface area contributed by atoms with Gasteiger partial charge < -0.3 is 9.64 Å². The zero-order chi connectivity index (χ0) is 24.0. The van der Waals surface area contributed by atoms with E-state index in [1.807, 2.05) is 31.2 Å². The molecule has 34 heavy (non-hydrogen) atoms. The molecule has 0 N–H and O–H groups in total. The van der Waals surface area contributed by atoms with Crippen LogP contribution in [0.25, 0.3) is 21.3 Å². The number of fused-ring (bicyclic) bond motifs is 1. The van der Waals surface area contributed by atoms with Gasteiger partial charge in [-0.3, -0.25) is 14.7 Å². The molecule has 1 aliphatic heterocycles. The molecule has 178 valence electrons. The van der Waals surface area contributed by atoms with E-state index in [1.54, 1.807) is 18.1 Å². The van der Waals surface area contributed by atoms with Gasteiger partial charge in [-0.05, 0) is 56.0 Å². The van der Waals surface area contributed by atoms with E-state index in [0.717, 1.165) is 38.2 Å². The molecule has 1 saturated carbocycles. The SMILES string of the molecule is Cc1cc(Cl)cc(-c2ccnc3cc(CN4C(=O)CCN(C)C4=O)sc23)c1O[C@@H]1CCC[C@@H]1F. The highest BCUT2D eigenvalue weighted by atomic mass is 35.5. The summed E-state index contributed by atoms with van der Waals surface area (Å²) in [4.78, 5) is 33.1. The van der Waals surface area contributed by atoms with Crippen molar-refractivity contribution in [3.63, 3.8) is 0 Å². The molecule has 1 aliphatic carbocycles. The van der Waals surface area contributed by atoms with Crippen molar-refractivity contribution >= 4 is 45.1 Å². The maximum atomic E-state index is 14.4. The quantitative estimate of drug-likeness (QED) is 0.431. The van der Waals surface area contributed by atoms with E-state index in [2.05, 4.69) is 4.98 Å². The van der Waals surface area contributed by atoms with Crippen molar-refractivity contribution < 1.29 is 18.7 Å². The number of amides is 3. The number of alkyl halides is 1. The number of ether oxygens (including phenoxy) is 1. The molecule has 2 aromatic heterocycles. The smallest absolute Gasteiger partial charge is 0.326 e. The Morgan fingerprint density at radius 1 is 1.24 bits per heavy atom. The Balaban J connectivity index is 1.54. The molecule has 2 aliphatic rings. The normalized spacial score (nSPS) is 21.1. The zero-order valence-corrected chi connectivity index (χ0v) is 20.6. The molecule has 1 saturated heterocycles. The Kier molecular flexibility index (Phi) is 6.20. The number of nitrogens with zero attached hydrogens (tertiary/aromatic N) is 3. The van der Waals surface area contributed by atoms with Crippen molar-refractivity contribution in [1.82, 2.24) is 14.8 Å². The molecule has 0 radical (unpaired) electrons. The van der Waals surface area contributed by atoms with Gasteiger partial charge in [0.2, 0.25) is 5.91 Å². The van der Waals surface area contributed by atoms with Crippen LogP contribution < -0.4 is 4.74 Å². The maximum Gasteiger partial charge on any atom is 0.326 e. The number of carbonyl (C=O) groups excluding carboxylic acids is 2. The summed E-state index contributed by atoms with van der Waals surface area (Å²) in [6.45, 7) is 2.55. The van der Waals surface area contributed by atoms with Crippen LogP contribution in [0.15, 0.2) is 30.5 Å². The van der Waals surface area contributed by atoms with Gasteiger partial charge >= 0.3 is 6.03 Å². The predicted molar refractivity (Wildman–Crippen MR) is 131 cm³/mol. The summed E-state index contributed by atoms with van der Waals surface area (Å²) >= 11 is 7.90. The van der Waals surface area contributed by atoms with E-state index in [1.165, 1.54) is 16.2 Å². The molecule has 3 amide bonds. The molecule has 0 unspecified atom stereocenters. The molecular formula is C25H25ClFN3O3S. The molecule has 3 aromatic rings. The number of pyridine rings is 1. The number of carbonyl (C=O) groups is 2. The largest absolute Gasteiger partial charge is 0.486 e. The summed E-state index contributed by atoms with van der Waals surface area (Å²) in [6.07, 6.45) is 2.59. The third-order valence-electron chi connectivity index (χ3n) is 6.47. The van der Waals surface area contributed by atoms with Gasteiger partial charge in [0.05, 0.1) is 16.8 Å². The number of thiophene rings is 1. The van der Waals surface area contributed by atoms with Gasteiger partial charge in [0.25, 0.3) is 0 Å². The van der Waals surface area contributed by atoms with Gasteiger partial charge in [-0.15, -0.1) is 11.3 Å². The average molecular weight is 502 g/mol. The Bertz CT molecular complexity index is 1280. The Labute approximate surface area is 206 Å². The lowest BCUT2D eigenvalue weighted by atomic mass is 10.0. The first-order valence-corrected chi connectivity index (χ1v) is 12.6. The lowest BCUT2D eigenvalue weighted by Gasteiger charge is -2.31. The maximum absolute atomic E-state index is 14.4. The third kappa shape index (κ3) is 4.25. The molecule has 1 aromatic carbocycles. The summed E-state index contributed by atoms with van der Waals surface area (Å²) in [5, 5.41) is 0.567. The van der Waals surface area contributed by atoms with E-state index in [0.29, 0.717) is 36.6 Å². The number of aryl methyl sites for hydroxylation is 1. The van der Waals surface area contributed by atoms with Gasteiger partial charge in [-0.25, -0.2) is 9.18 Å². The Hall–Kier alpha value is -2.71. The molecule has 3 heterocycles. The van der Waals surface area contributed by atoms with Crippen molar-refractivity contribution in [2.45, 2.75) is 51.4 Å². The third-order valence-corrected chi connectivity index (χ3v) is 7.83. The van der Waals surface area contributed by atoms with Crippen molar-refractivity contribution in [2.24, 2.45) is 0 Å². The van der Waals surface area contributed by atoms with Crippen LogP contribution in [-0.2, 0) is 11.3 Å². The lowest BCUT2D eigenvalue weighted by molar-refractivity contribution is -0.131. The number of hydrogen-bond donors (Lipinski definition) is 0. The number of urea groups is 1. The molecule has 9 heteroatoms. The molecular weight excluding hydrogens is 477 g/mol. The van der Waals surface area contributed by atoms with Crippen molar-refractivity contribution in [3.8, 4) is 16.9 Å². The lowest BCUT2D eigenvalue weighted by Crippen LogP contribution is -2.49. The summed E-state index contributed by atoms with van der Waals surface area (Å²) in [6, 6.07) is 7.18. The van der Waals surface area contributed by atoms with Gasteiger partial charge in [-0.1, -0.05) is 11.6 Å². The minimum Gasteiger partial charge on any atom is -0.486 e. The highest BCUT2D eigenvalue weighted by Gasteiger charge is 2.32. The number of hydrogen-bond acceptors (Lipinski definition) is 5. The Morgan fingerprint density at radius 2 is 2.06 bits per heavy atom. The monoisotopic (exact) mass is 501 g/mol. The fourth-order valence-corrected chi connectivity index (χ4v) is 6.05. The van der Waals surface area contributed by atoms with Gasteiger partial charge in [0.15, 0.2) is 0 Å². The van der Waals surface area contributed by atoms with Crippen LogP contribution >= 0.6 is 22.9 Å². The summed E-state index contributed by atoms with van der Waals surface area (Å²) < 4.78 is 21.5. The second-order valence-electron chi connectivity index (χ2n) is 8.92. The fraction of sp³-hybridized carbons (Fsp3) is 0.400. The van der Waals surface area contributed by atoms with Crippen molar-refractivity contribution in [3.05, 3.63) is 45.9 Å². The van der Waals surface area contributed by atoms with Crippen LogP contribution in [0.2, 0.25) is 5.02 Å². The number of halogens is 2. The van der Waals surface area contributed by atoms with E-state index < -0.39 is 12.3 Å². The fourth-order valence-electron chi connectivity index (χ4n) is 4.65. The number of rotatable bonds is 5. The first-order valence-electron chi connectivity index (χ1n) is 11.4. The standard InChI is InChI=1S/C25H25ClFN3O3S/c1-14-10-15(26)11-18(23(14)33-21-5-3-4-19(21)27)17-6-8-28-20-12-16(34-24(17)20)13-30-22(31)7-9-29(2)25(30)32/h6,8,10-12,19,21H,3-5,7,9,13H2,1-2H3/t19-,21+/m0/s1. The highest BCUT2D eigenvalue weighted by molar-refractivity contribution is 7.19. The summed E-state index contributed by atoms with van der Waals surface area (Å²) in [5.74, 6) is 0.455. The molecule has 2 atom stereocenters. The van der Waals surface area contributed by atoms with Crippen molar-refractivity contribution in [2.75, 3.05) is 13.6 Å². The highest BCUT2D eigenvalue weighted by Crippen LogP contribution is 2.43. The topological polar surface area (TPSA) is 62.7 Å². The number of aromatic nitrogens is 1.